The Morgan fingerprint density at radius 3 is 2.34 bits per heavy atom. The number of carbonyl (C=O) groups is 2. The molecule has 0 radical (unpaired) electrons. The summed E-state index contributed by atoms with van der Waals surface area (Å²) in [4.78, 5) is 24.6. The first-order valence-electron chi connectivity index (χ1n) is 9.64. The van der Waals surface area contributed by atoms with Crippen molar-refractivity contribution in [3.8, 4) is 0 Å². The largest absolute Gasteiger partial charge is 0.399 e. The first-order chi connectivity index (χ1) is 14.0. The highest BCUT2D eigenvalue weighted by atomic mass is 16.7. The summed E-state index contributed by atoms with van der Waals surface area (Å²) in [6.07, 6.45) is 0.854. The Kier molecular flexibility index (Phi) is 9.14. The third-order valence-electron chi connectivity index (χ3n) is 4.49. The summed E-state index contributed by atoms with van der Waals surface area (Å²) in [5.41, 5.74) is 13.4. The van der Waals surface area contributed by atoms with Gasteiger partial charge in [0.15, 0.2) is 0 Å². The molecule has 0 aromatic heterocycles. The van der Waals surface area contributed by atoms with Gasteiger partial charge in [0, 0.05) is 23.8 Å². The lowest BCUT2D eigenvalue weighted by molar-refractivity contribution is -0.122. The number of hydrogen-bond donors (Lipinski definition) is 3. The number of nitrogen functional groups attached to an aromatic ring is 1. The summed E-state index contributed by atoms with van der Waals surface area (Å²) in [6.45, 7) is 2.72. The Balaban J connectivity index is 2.06. The van der Waals surface area contributed by atoms with E-state index in [-0.39, 0.29) is 19.3 Å². The van der Waals surface area contributed by atoms with Gasteiger partial charge in [-0.05, 0) is 49.6 Å². The van der Waals surface area contributed by atoms with Gasteiger partial charge in [-0.3, -0.25) is 9.59 Å². The predicted octanol–water partition coefficient (Wildman–Crippen LogP) is 2.11. The molecule has 0 aliphatic rings. The molecule has 0 spiro atoms. The lowest BCUT2D eigenvalue weighted by Gasteiger charge is -2.23. The van der Waals surface area contributed by atoms with E-state index in [0.717, 1.165) is 5.56 Å². The van der Waals surface area contributed by atoms with Crippen LogP contribution in [0.2, 0.25) is 0 Å². The van der Waals surface area contributed by atoms with Crippen molar-refractivity contribution in [1.82, 2.24) is 5.32 Å². The fourth-order valence-electron chi connectivity index (χ4n) is 2.95. The van der Waals surface area contributed by atoms with Crippen LogP contribution in [0.4, 0.5) is 5.69 Å². The first-order valence-corrected chi connectivity index (χ1v) is 9.64. The van der Waals surface area contributed by atoms with E-state index >= 15 is 0 Å². The van der Waals surface area contributed by atoms with Crippen molar-refractivity contribution in [2.24, 2.45) is 11.7 Å². The first kappa shape index (κ1) is 22.4. The highest BCUT2D eigenvalue weighted by molar-refractivity contribution is 5.94. The molecular formula is C22H29N3O4. The number of nitrogens with one attached hydrogen (secondary N) is 1. The van der Waals surface area contributed by atoms with Gasteiger partial charge in [-0.15, -0.1) is 0 Å². The van der Waals surface area contributed by atoms with Crippen LogP contribution in [0.1, 0.15) is 29.3 Å². The van der Waals surface area contributed by atoms with Crippen molar-refractivity contribution >= 4 is 17.5 Å². The molecule has 0 saturated carbocycles. The monoisotopic (exact) mass is 399 g/mol. The number of amides is 2. The Bertz CT molecular complexity index is 765. The van der Waals surface area contributed by atoms with Crippen LogP contribution in [0.3, 0.4) is 0 Å². The standard InChI is InChI=1S/C22H29N3O4/c1-2-28-15-29-14-20(25-22(27)17-8-10-19(23)11-9-17)13-18(21(24)26)12-16-6-4-3-5-7-16/h3-11,18,20H,2,12-15,23H2,1H3,(H2,24,26)(H,25,27)/t18-,20-/m0/s1. The molecule has 0 aliphatic heterocycles. The molecule has 5 N–H and O–H groups in total. The molecule has 156 valence electrons. The number of primary amides is 1. The van der Waals surface area contributed by atoms with Crippen molar-refractivity contribution in [2.45, 2.75) is 25.8 Å². The molecule has 0 fully saturated rings. The van der Waals surface area contributed by atoms with Gasteiger partial charge in [0.25, 0.3) is 5.91 Å². The van der Waals surface area contributed by atoms with Crippen molar-refractivity contribution in [3.05, 3.63) is 65.7 Å². The molecule has 29 heavy (non-hydrogen) atoms. The Morgan fingerprint density at radius 1 is 1.03 bits per heavy atom. The average Bonchev–Trinajstić information content (AvgIpc) is 2.71. The van der Waals surface area contributed by atoms with Gasteiger partial charge in [0.05, 0.1) is 12.6 Å². The van der Waals surface area contributed by atoms with Gasteiger partial charge in [0.2, 0.25) is 5.91 Å². The van der Waals surface area contributed by atoms with Gasteiger partial charge in [-0.25, -0.2) is 0 Å². The van der Waals surface area contributed by atoms with Crippen LogP contribution in [-0.4, -0.2) is 37.9 Å². The van der Waals surface area contributed by atoms with E-state index in [1.54, 1.807) is 24.3 Å². The second-order valence-electron chi connectivity index (χ2n) is 6.80. The normalized spacial score (nSPS) is 12.9. The summed E-state index contributed by atoms with van der Waals surface area (Å²) >= 11 is 0. The summed E-state index contributed by atoms with van der Waals surface area (Å²) < 4.78 is 10.7. The second-order valence-corrected chi connectivity index (χ2v) is 6.80. The molecule has 0 aliphatic carbocycles. The molecule has 7 heteroatoms. The van der Waals surface area contributed by atoms with Crippen molar-refractivity contribution in [1.29, 1.82) is 0 Å². The van der Waals surface area contributed by atoms with E-state index in [0.29, 0.717) is 30.7 Å². The maximum atomic E-state index is 12.6. The Labute approximate surface area is 171 Å². The van der Waals surface area contributed by atoms with Crippen LogP contribution < -0.4 is 16.8 Å². The number of rotatable bonds is 12. The van der Waals surface area contributed by atoms with Crippen LogP contribution in [0, 0.1) is 5.92 Å². The summed E-state index contributed by atoms with van der Waals surface area (Å²) in [7, 11) is 0. The summed E-state index contributed by atoms with van der Waals surface area (Å²) in [5.74, 6) is -1.12. The molecule has 2 aromatic rings. The molecule has 2 atom stereocenters. The summed E-state index contributed by atoms with van der Waals surface area (Å²) in [5, 5.41) is 2.93. The van der Waals surface area contributed by atoms with Crippen LogP contribution in [0.5, 0.6) is 0 Å². The SMILES string of the molecule is CCOCOC[C@H](C[C@H](Cc1ccccc1)C(N)=O)NC(=O)c1ccc(N)cc1. The van der Waals surface area contributed by atoms with E-state index in [9.17, 15) is 9.59 Å². The fourth-order valence-corrected chi connectivity index (χ4v) is 2.95. The fraction of sp³-hybridized carbons (Fsp3) is 0.364. The van der Waals surface area contributed by atoms with Gasteiger partial charge in [-0.1, -0.05) is 30.3 Å². The average molecular weight is 399 g/mol. The second kappa shape index (κ2) is 11.8. The number of nitrogens with two attached hydrogens (primary N) is 2. The number of benzene rings is 2. The minimum Gasteiger partial charge on any atom is -0.399 e. The molecule has 2 rings (SSSR count). The van der Waals surface area contributed by atoms with Gasteiger partial charge >= 0.3 is 0 Å². The van der Waals surface area contributed by atoms with Crippen LogP contribution in [0.25, 0.3) is 0 Å². The zero-order chi connectivity index (χ0) is 21.1. The molecule has 0 saturated heterocycles. The zero-order valence-corrected chi connectivity index (χ0v) is 16.7. The van der Waals surface area contributed by atoms with E-state index < -0.39 is 17.9 Å². The highest BCUT2D eigenvalue weighted by Gasteiger charge is 2.23. The van der Waals surface area contributed by atoms with Gasteiger partial charge < -0.3 is 26.3 Å². The molecule has 0 heterocycles. The van der Waals surface area contributed by atoms with E-state index in [4.69, 9.17) is 20.9 Å². The predicted molar refractivity (Wildman–Crippen MR) is 112 cm³/mol. The Morgan fingerprint density at radius 2 is 1.72 bits per heavy atom. The van der Waals surface area contributed by atoms with Crippen molar-refractivity contribution < 1.29 is 19.1 Å². The molecule has 0 bridgehead atoms. The topological polar surface area (TPSA) is 117 Å². The summed E-state index contributed by atoms with van der Waals surface area (Å²) in [6, 6.07) is 15.9. The number of ether oxygens (including phenoxy) is 2. The van der Waals surface area contributed by atoms with Crippen molar-refractivity contribution in [2.75, 3.05) is 25.7 Å². The van der Waals surface area contributed by atoms with Crippen LogP contribution >= 0.6 is 0 Å². The van der Waals surface area contributed by atoms with Crippen molar-refractivity contribution in [3.63, 3.8) is 0 Å². The minimum absolute atomic E-state index is 0.116. The highest BCUT2D eigenvalue weighted by Crippen LogP contribution is 2.16. The number of hydrogen-bond acceptors (Lipinski definition) is 5. The molecule has 7 nitrogen and oxygen atoms in total. The lowest BCUT2D eigenvalue weighted by atomic mass is 9.92. The number of anilines is 1. The molecule has 2 aromatic carbocycles. The van der Waals surface area contributed by atoms with Gasteiger partial charge in [0.1, 0.15) is 6.79 Å². The van der Waals surface area contributed by atoms with Gasteiger partial charge in [-0.2, -0.15) is 0 Å². The quantitative estimate of drug-likeness (QED) is 0.287. The van der Waals surface area contributed by atoms with E-state index in [1.165, 1.54) is 0 Å². The minimum atomic E-state index is -0.440. The smallest absolute Gasteiger partial charge is 0.251 e. The number of carbonyl (C=O) groups excluding carboxylic acids is 2. The van der Waals surface area contributed by atoms with Crippen LogP contribution in [0.15, 0.2) is 54.6 Å². The maximum Gasteiger partial charge on any atom is 0.251 e. The molecule has 2 amide bonds. The molecule has 0 unspecified atom stereocenters. The van der Waals surface area contributed by atoms with Crippen LogP contribution in [-0.2, 0) is 20.7 Å². The maximum absolute atomic E-state index is 12.6. The zero-order valence-electron chi connectivity index (χ0n) is 16.7. The third-order valence-corrected chi connectivity index (χ3v) is 4.49. The van der Waals surface area contributed by atoms with E-state index in [2.05, 4.69) is 5.32 Å². The molecular weight excluding hydrogens is 370 g/mol. The lowest BCUT2D eigenvalue weighted by Crippen LogP contribution is -2.42. The Hall–Kier alpha value is -2.90. The van der Waals surface area contributed by atoms with E-state index in [1.807, 2.05) is 37.3 Å². The third kappa shape index (κ3) is 7.93.